The SMILES string of the molecule is CC1(C)CNc2c(C#N)cc(-c3ccnc(Nc4cc(Cl)ccc4OC4CCOCC4)n3)cc21. The molecular weight excluding hydrogens is 450 g/mol. The van der Waals surface area contributed by atoms with Crippen molar-refractivity contribution in [2.45, 2.75) is 38.2 Å². The molecule has 2 aromatic carbocycles. The number of nitrogens with zero attached hydrogens (tertiary/aromatic N) is 3. The lowest BCUT2D eigenvalue weighted by molar-refractivity contribution is 0.0258. The number of nitriles is 1. The van der Waals surface area contributed by atoms with Gasteiger partial charge in [-0.1, -0.05) is 25.4 Å². The molecule has 1 aromatic heterocycles. The molecule has 0 radical (unpaired) electrons. The van der Waals surface area contributed by atoms with Gasteiger partial charge in [-0.05, 0) is 42.0 Å². The van der Waals surface area contributed by atoms with Crippen LogP contribution in [0.25, 0.3) is 11.3 Å². The van der Waals surface area contributed by atoms with Crippen molar-refractivity contribution >= 4 is 28.9 Å². The lowest BCUT2D eigenvalue weighted by Crippen LogP contribution is -2.26. The summed E-state index contributed by atoms with van der Waals surface area (Å²) < 4.78 is 11.7. The molecule has 174 valence electrons. The Morgan fingerprint density at radius 3 is 2.82 bits per heavy atom. The Kier molecular flexibility index (Phi) is 6.03. The number of benzene rings is 2. The van der Waals surface area contributed by atoms with E-state index >= 15 is 0 Å². The second kappa shape index (κ2) is 9.13. The van der Waals surface area contributed by atoms with Crippen LogP contribution in [0, 0.1) is 11.3 Å². The largest absolute Gasteiger partial charge is 0.488 e. The average molecular weight is 476 g/mol. The highest BCUT2D eigenvalue weighted by molar-refractivity contribution is 6.31. The maximum Gasteiger partial charge on any atom is 0.227 e. The highest BCUT2D eigenvalue weighted by Crippen LogP contribution is 2.41. The van der Waals surface area contributed by atoms with E-state index in [9.17, 15) is 5.26 Å². The Hall–Kier alpha value is -3.34. The van der Waals surface area contributed by atoms with Gasteiger partial charge >= 0.3 is 0 Å². The zero-order valence-corrected chi connectivity index (χ0v) is 19.9. The van der Waals surface area contributed by atoms with E-state index in [1.807, 2.05) is 30.3 Å². The van der Waals surface area contributed by atoms with Crippen molar-refractivity contribution in [1.82, 2.24) is 9.97 Å². The fourth-order valence-corrected chi connectivity index (χ4v) is 4.56. The Morgan fingerprint density at radius 1 is 1.21 bits per heavy atom. The minimum absolute atomic E-state index is 0.0672. The number of hydrogen-bond donors (Lipinski definition) is 2. The molecule has 2 N–H and O–H groups in total. The summed E-state index contributed by atoms with van der Waals surface area (Å²) in [5.41, 5.74) is 4.90. The smallest absolute Gasteiger partial charge is 0.227 e. The number of anilines is 3. The van der Waals surface area contributed by atoms with Gasteiger partial charge in [0.05, 0.1) is 35.8 Å². The summed E-state index contributed by atoms with van der Waals surface area (Å²) in [5, 5.41) is 16.9. The molecule has 8 heteroatoms. The molecule has 0 unspecified atom stereocenters. The van der Waals surface area contributed by atoms with Crippen LogP contribution >= 0.6 is 11.6 Å². The van der Waals surface area contributed by atoms with Gasteiger partial charge in [-0.2, -0.15) is 5.26 Å². The summed E-state index contributed by atoms with van der Waals surface area (Å²) in [6, 6.07) is 13.6. The van der Waals surface area contributed by atoms with E-state index in [1.165, 1.54) is 0 Å². The molecule has 1 fully saturated rings. The lowest BCUT2D eigenvalue weighted by Gasteiger charge is -2.24. The van der Waals surface area contributed by atoms with Crippen molar-refractivity contribution < 1.29 is 9.47 Å². The van der Waals surface area contributed by atoms with Gasteiger partial charge in [0.1, 0.15) is 17.9 Å². The van der Waals surface area contributed by atoms with Crippen LogP contribution < -0.4 is 15.4 Å². The van der Waals surface area contributed by atoms with E-state index < -0.39 is 0 Å². The van der Waals surface area contributed by atoms with Gasteiger partial charge in [0, 0.05) is 41.6 Å². The maximum absolute atomic E-state index is 9.71. The number of nitrogens with one attached hydrogen (secondary N) is 2. The highest BCUT2D eigenvalue weighted by atomic mass is 35.5. The van der Waals surface area contributed by atoms with E-state index in [2.05, 4.69) is 41.6 Å². The van der Waals surface area contributed by atoms with Gasteiger partial charge in [-0.3, -0.25) is 0 Å². The monoisotopic (exact) mass is 475 g/mol. The molecule has 0 atom stereocenters. The lowest BCUT2D eigenvalue weighted by atomic mass is 9.85. The number of fused-ring (bicyclic) bond motifs is 1. The molecule has 0 aliphatic carbocycles. The first kappa shape index (κ1) is 22.5. The zero-order chi connectivity index (χ0) is 23.7. The third-order valence-electron chi connectivity index (χ3n) is 6.30. The number of halogens is 1. The molecule has 0 amide bonds. The van der Waals surface area contributed by atoms with Gasteiger partial charge in [0.25, 0.3) is 0 Å². The van der Waals surface area contributed by atoms with Crippen LogP contribution in [0.3, 0.4) is 0 Å². The minimum atomic E-state index is -0.0672. The van der Waals surface area contributed by atoms with E-state index in [1.54, 1.807) is 6.20 Å². The summed E-state index contributed by atoms with van der Waals surface area (Å²) >= 11 is 6.27. The molecular formula is C26H26ClN5O2. The fraction of sp³-hybridized carbons (Fsp3) is 0.346. The first-order valence-electron chi connectivity index (χ1n) is 11.4. The first-order valence-corrected chi connectivity index (χ1v) is 11.8. The quantitative estimate of drug-likeness (QED) is 0.490. The molecule has 7 nitrogen and oxygen atoms in total. The Morgan fingerprint density at radius 2 is 2.03 bits per heavy atom. The van der Waals surface area contributed by atoms with Crippen LogP contribution in [0.15, 0.2) is 42.6 Å². The normalized spacial score (nSPS) is 16.9. The number of hydrogen-bond acceptors (Lipinski definition) is 7. The number of rotatable bonds is 5. The third kappa shape index (κ3) is 4.52. The van der Waals surface area contributed by atoms with E-state index in [0.717, 1.165) is 41.9 Å². The van der Waals surface area contributed by atoms with Crippen molar-refractivity contribution in [2.24, 2.45) is 0 Å². The Balaban J connectivity index is 1.45. The van der Waals surface area contributed by atoms with Gasteiger partial charge in [-0.25, -0.2) is 9.97 Å². The van der Waals surface area contributed by atoms with E-state index in [4.69, 9.17) is 26.1 Å². The highest BCUT2D eigenvalue weighted by Gasteiger charge is 2.32. The molecule has 0 spiro atoms. The van der Waals surface area contributed by atoms with Crippen molar-refractivity contribution in [1.29, 1.82) is 5.26 Å². The van der Waals surface area contributed by atoms with Crippen LogP contribution in [-0.4, -0.2) is 35.8 Å². The Labute approximate surface area is 204 Å². The van der Waals surface area contributed by atoms with Crippen LogP contribution in [0.4, 0.5) is 17.3 Å². The van der Waals surface area contributed by atoms with E-state index in [-0.39, 0.29) is 11.5 Å². The first-order chi connectivity index (χ1) is 16.4. The van der Waals surface area contributed by atoms with Crippen molar-refractivity contribution in [3.8, 4) is 23.1 Å². The van der Waals surface area contributed by atoms with Gasteiger partial charge < -0.3 is 20.1 Å². The standard InChI is InChI=1S/C26H26ClN5O2/c1-26(2)15-30-24-17(14-28)11-16(12-20(24)26)21-5-8-29-25(31-21)32-22-13-18(27)3-4-23(22)34-19-6-9-33-10-7-19/h3-5,8,11-13,19,30H,6-7,9-10,15H2,1-2H3,(H,29,31,32). The molecule has 0 bridgehead atoms. The minimum Gasteiger partial charge on any atom is -0.488 e. The number of ether oxygens (including phenoxy) is 2. The number of aromatic nitrogens is 2. The molecule has 3 aromatic rings. The van der Waals surface area contributed by atoms with Crippen LogP contribution in [-0.2, 0) is 10.2 Å². The summed E-state index contributed by atoms with van der Waals surface area (Å²) in [6.45, 7) is 6.53. The Bertz CT molecular complexity index is 1260. The zero-order valence-electron chi connectivity index (χ0n) is 19.2. The van der Waals surface area contributed by atoms with Crippen LogP contribution in [0.2, 0.25) is 5.02 Å². The molecule has 3 heterocycles. The second-order valence-corrected chi connectivity index (χ2v) is 9.69. The summed E-state index contributed by atoms with van der Waals surface area (Å²) in [6.07, 6.45) is 3.49. The van der Waals surface area contributed by atoms with Crippen molar-refractivity contribution in [2.75, 3.05) is 30.4 Å². The molecule has 34 heavy (non-hydrogen) atoms. The molecule has 2 aliphatic rings. The fourth-order valence-electron chi connectivity index (χ4n) is 4.38. The second-order valence-electron chi connectivity index (χ2n) is 9.26. The maximum atomic E-state index is 9.71. The molecule has 0 saturated carbocycles. The van der Waals surface area contributed by atoms with Crippen LogP contribution in [0.1, 0.15) is 37.8 Å². The van der Waals surface area contributed by atoms with E-state index in [0.29, 0.717) is 41.2 Å². The summed E-state index contributed by atoms with van der Waals surface area (Å²) in [4.78, 5) is 9.14. The summed E-state index contributed by atoms with van der Waals surface area (Å²) in [5.74, 6) is 1.12. The third-order valence-corrected chi connectivity index (χ3v) is 6.53. The van der Waals surface area contributed by atoms with Gasteiger partial charge in [0.2, 0.25) is 5.95 Å². The molecule has 5 rings (SSSR count). The van der Waals surface area contributed by atoms with Crippen molar-refractivity contribution in [3.05, 3.63) is 58.7 Å². The summed E-state index contributed by atoms with van der Waals surface area (Å²) in [7, 11) is 0. The predicted octanol–water partition coefficient (Wildman–Crippen LogP) is 5.67. The van der Waals surface area contributed by atoms with Crippen molar-refractivity contribution in [3.63, 3.8) is 0 Å². The topological polar surface area (TPSA) is 92.1 Å². The van der Waals surface area contributed by atoms with Gasteiger partial charge in [0.15, 0.2) is 0 Å². The van der Waals surface area contributed by atoms with Crippen LogP contribution in [0.5, 0.6) is 5.75 Å². The molecule has 1 saturated heterocycles. The molecule has 2 aliphatic heterocycles. The average Bonchev–Trinajstić information content (AvgIpc) is 3.15. The predicted molar refractivity (Wildman–Crippen MR) is 133 cm³/mol. The van der Waals surface area contributed by atoms with Gasteiger partial charge in [-0.15, -0.1) is 0 Å².